The predicted octanol–water partition coefficient (Wildman–Crippen LogP) is 6.30. The van der Waals surface area contributed by atoms with E-state index in [1.807, 2.05) is 45.0 Å². The van der Waals surface area contributed by atoms with Gasteiger partial charge < -0.3 is 10.2 Å². The first-order valence-corrected chi connectivity index (χ1v) is 11.9. The molecule has 188 valence electrons. The van der Waals surface area contributed by atoms with Crippen molar-refractivity contribution in [2.24, 2.45) is 0 Å². The molecule has 2 aromatic carbocycles. The maximum atomic E-state index is 13.1. The third kappa shape index (κ3) is 5.58. The van der Waals surface area contributed by atoms with E-state index in [4.69, 9.17) is 0 Å². The van der Waals surface area contributed by atoms with E-state index in [0.717, 1.165) is 29.0 Å². The summed E-state index contributed by atoms with van der Waals surface area (Å²) in [6, 6.07) is 13.6. The summed E-state index contributed by atoms with van der Waals surface area (Å²) in [6.45, 7) is 6.73. The Kier molecular flexibility index (Phi) is 7.15. The van der Waals surface area contributed by atoms with Crippen LogP contribution in [0, 0.1) is 20.8 Å². The summed E-state index contributed by atoms with van der Waals surface area (Å²) in [6.07, 6.45) is -3.23. The van der Waals surface area contributed by atoms with Gasteiger partial charge in [-0.3, -0.25) is 14.6 Å². The summed E-state index contributed by atoms with van der Waals surface area (Å²) in [5, 5.41) is 2.97. The zero-order valence-corrected chi connectivity index (χ0v) is 20.4. The molecule has 4 rings (SSSR count). The summed E-state index contributed by atoms with van der Waals surface area (Å²) in [5.41, 5.74) is 4.40. The van der Waals surface area contributed by atoms with E-state index in [1.165, 1.54) is 12.1 Å². The first-order chi connectivity index (χ1) is 17.0. The Morgan fingerprint density at radius 1 is 0.917 bits per heavy atom. The first kappa shape index (κ1) is 25.4. The zero-order valence-electron chi connectivity index (χ0n) is 20.4. The highest BCUT2D eigenvalue weighted by Crippen LogP contribution is 2.32. The average molecular weight is 496 g/mol. The minimum Gasteiger partial charge on any atom is -0.339 e. The summed E-state index contributed by atoms with van der Waals surface area (Å²) in [4.78, 5) is 32.3. The van der Waals surface area contributed by atoms with Crippen LogP contribution < -0.4 is 5.32 Å². The third-order valence-electron chi connectivity index (χ3n) is 6.70. The lowest BCUT2D eigenvalue weighted by Gasteiger charge is -2.32. The monoisotopic (exact) mass is 495 g/mol. The Balaban J connectivity index is 1.46. The number of aromatic nitrogens is 1. The molecular weight excluding hydrogens is 467 g/mol. The molecule has 1 N–H and O–H groups in total. The standard InChI is InChI=1S/C28H28F3N3O2/c1-17-4-10-23(16-18(17)2)33-26(35)24-11-5-19(3)32-25(24)20-12-14-34(15-13-20)27(36)21-6-8-22(9-7-21)28(29,30)31/h4-11,16,20H,12-15H2,1-3H3,(H,33,35). The number of anilines is 1. The molecule has 0 atom stereocenters. The molecule has 1 aliphatic rings. The van der Waals surface area contributed by atoms with Crippen molar-refractivity contribution in [1.29, 1.82) is 0 Å². The third-order valence-corrected chi connectivity index (χ3v) is 6.70. The summed E-state index contributed by atoms with van der Waals surface area (Å²) < 4.78 is 38.5. The van der Waals surface area contributed by atoms with Crippen molar-refractivity contribution in [1.82, 2.24) is 9.88 Å². The summed E-state index contributed by atoms with van der Waals surface area (Å²) in [7, 11) is 0. The van der Waals surface area contributed by atoms with Crippen LogP contribution in [0.1, 0.15) is 67.6 Å². The van der Waals surface area contributed by atoms with Gasteiger partial charge in [0, 0.05) is 36.0 Å². The van der Waals surface area contributed by atoms with Gasteiger partial charge >= 0.3 is 6.18 Å². The van der Waals surface area contributed by atoms with E-state index in [9.17, 15) is 22.8 Å². The van der Waals surface area contributed by atoms with Gasteiger partial charge in [0.25, 0.3) is 11.8 Å². The van der Waals surface area contributed by atoms with E-state index < -0.39 is 11.7 Å². The van der Waals surface area contributed by atoms with Crippen molar-refractivity contribution in [3.63, 3.8) is 0 Å². The maximum Gasteiger partial charge on any atom is 0.416 e. The molecule has 1 aromatic heterocycles. The van der Waals surface area contributed by atoms with Crippen LogP contribution in [0.15, 0.2) is 54.6 Å². The number of piperidine rings is 1. The number of hydrogen-bond donors (Lipinski definition) is 1. The number of pyridine rings is 1. The number of nitrogens with zero attached hydrogens (tertiary/aromatic N) is 2. The summed E-state index contributed by atoms with van der Waals surface area (Å²) in [5.74, 6) is -0.543. The van der Waals surface area contributed by atoms with Gasteiger partial charge in [-0.15, -0.1) is 0 Å². The van der Waals surface area contributed by atoms with Crippen LogP contribution >= 0.6 is 0 Å². The second-order valence-corrected chi connectivity index (χ2v) is 9.28. The quantitative estimate of drug-likeness (QED) is 0.462. The topological polar surface area (TPSA) is 62.3 Å². The van der Waals surface area contributed by atoms with Gasteiger partial charge in [-0.25, -0.2) is 0 Å². The number of benzene rings is 2. The highest BCUT2D eigenvalue weighted by molar-refractivity contribution is 6.05. The molecular formula is C28H28F3N3O2. The van der Waals surface area contributed by atoms with Crippen LogP contribution in [0.2, 0.25) is 0 Å². The van der Waals surface area contributed by atoms with Gasteiger partial charge in [-0.2, -0.15) is 13.2 Å². The number of carbonyl (C=O) groups is 2. The second-order valence-electron chi connectivity index (χ2n) is 9.28. The Morgan fingerprint density at radius 3 is 2.19 bits per heavy atom. The smallest absolute Gasteiger partial charge is 0.339 e. The van der Waals surface area contributed by atoms with Crippen molar-refractivity contribution in [2.45, 2.75) is 45.7 Å². The van der Waals surface area contributed by atoms with E-state index >= 15 is 0 Å². The summed E-state index contributed by atoms with van der Waals surface area (Å²) >= 11 is 0. The Labute approximate surface area is 208 Å². The van der Waals surface area contributed by atoms with Gasteiger partial charge in [0.15, 0.2) is 0 Å². The Hall–Kier alpha value is -3.68. The van der Waals surface area contributed by atoms with Crippen LogP contribution in [-0.2, 0) is 6.18 Å². The number of alkyl halides is 3. The molecule has 1 fully saturated rings. The largest absolute Gasteiger partial charge is 0.416 e. The minimum absolute atomic E-state index is 0.0120. The number of aryl methyl sites for hydroxylation is 3. The molecule has 1 aliphatic heterocycles. The van der Waals surface area contributed by atoms with Crippen molar-refractivity contribution < 1.29 is 22.8 Å². The fourth-order valence-electron chi connectivity index (χ4n) is 4.44. The number of carbonyl (C=O) groups excluding carboxylic acids is 2. The molecule has 0 radical (unpaired) electrons. The molecule has 2 amide bonds. The van der Waals surface area contributed by atoms with Crippen LogP contribution in [0.3, 0.4) is 0 Å². The highest BCUT2D eigenvalue weighted by atomic mass is 19.4. The molecule has 1 saturated heterocycles. The van der Waals surface area contributed by atoms with Crippen molar-refractivity contribution >= 4 is 17.5 Å². The number of nitrogens with one attached hydrogen (secondary N) is 1. The zero-order chi connectivity index (χ0) is 26.0. The van der Waals surface area contributed by atoms with E-state index in [-0.39, 0.29) is 23.3 Å². The molecule has 8 heteroatoms. The van der Waals surface area contributed by atoms with Crippen molar-refractivity contribution in [3.05, 3.63) is 93.8 Å². The van der Waals surface area contributed by atoms with Gasteiger partial charge in [-0.1, -0.05) is 6.07 Å². The lowest BCUT2D eigenvalue weighted by atomic mass is 9.89. The molecule has 0 saturated carbocycles. The molecule has 2 heterocycles. The van der Waals surface area contributed by atoms with E-state index in [0.29, 0.717) is 42.9 Å². The van der Waals surface area contributed by atoms with Crippen LogP contribution in [-0.4, -0.2) is 34.8 Å². The fraction of sp³-hybridized carbons (Fsp3) is 0.321. The predicted molar refractivity (Wildman–Crippen MR) is 132 cm³/mol. The molecule has 0 aliphatic carbocycles. The van der Waals surface area contributed by atoms with Gasteiger partial charge in [0.1, 0.15) is 0 Å². The molecule has 0 bridgehead atoms. The van der Waals surface area contributed by atoms with Crippen LogP contribution in [0.25, 0.3) is 0 Å². The van der Waals surface area contributed by atoms with Crippen molar-refractivity contribution in [3.8, 4) is 0 Å². The molecule has 5 nitrogen and oxygen atoms in total. The number of rotatable bonds is 4. The maximum absolute atomic E-state index is 13.1. The first-order valence-electron chi connectivity index (χ1n) is 11.9. The van der Waals surface area contributed by atoms with Gasteiger partial charge in [-0.05, 0) is 93.3 Å². The molecule has 36 heavy (non-hydrogen) atoms. The molecule has 0 unspecified atom stereocenters. The van der Waals surface area contributed by atoms with E-state index in [1.54, 1.807) is 11.0 Å². The van der Waals surface area contributed by atoms with Crippen molar-refractivity contribution in [2.75, 3.05) is 18.4 Å². The highest BCUT2D eigenvalue weighted by Gasteiger charge is 2.31. The van der Waals surface area contributed by atoms with Gasteiger partial charge in [0.2, 0.25) is 0 Å². The van der Waals surface area contributed by atoms with Gasteiger partial charge in [0.05, 0.1) is 16.8 Å². The second kappa shape index (κ2) is 10.1. The minimum atomic E-state index is -4.44. The average Bonchev–Trinajstić information content (AvgIpc) is 2.85. The Morgan fingerprint density at radius 2 is 1.58 bits per heavy atom. The van der Waals surface area contributed by atoms with E-state index in [2.05, 4.69) is 10.3 Å². The van der Waals surface area contributed by atoms with Crippen LogP contribution in [0.5, 0.6) is 0 Å². The SMILES string of the molecule is Cc1ccc(C(=O)Nc2ccc(C)c(C)c2)c(C2CCN(C(=O)c3ccc(C(F)(F)F)cc3)CC2)n1. The number of likely N-dealkylation sites (tertiary alicyclic amines) is 1. The number of halogens is 3. The Bertz CT molecular complexity index is 1280. The molecule has 3 aromatic rings. The number of amides is 2. The normalized spacial score (nSPS) is 14.6. The molecule has 0 spiro atoms. The van der Waals surface area contributed by atoms with Crippen LogP contribution in [0.4, 0.5) is 18.9 Å². The fourth-order valence-corrected chi connectivity index (χ4v) is 4.44. The lowest BCUT2D eigenvalue weighted by molar-refractivity contribution is -0.137. The number of hydrogen-bond acceptors (Lipinski definition) is 3. The lowest BCUT2D eigenvalue weighted by Crippen LogP contribution is -2.38.